The molecule has 188 valence electrons. The van der Waals surface area contributed by atoms with E-state index in [1.165, 1.54) is 0 Å². The number of fused-ring (bicyclic) bond motifs is 1. The minimum atomic E-state index is -5.79. The number of nitrogens with two attached hydrogens (primary N) is 1. The van der Waals surface area contributed by atoms with Gasteiger partial charge in [0.25, 0.3) is 5.91 Å². The van der Waals surface area contributed by atoms with Crippen molar-refractivity contribution in [3.63, 3.8) is 0 Å². The highest BCUT2D eigenvalue weighted by Gasteiger charge is 2.57. The number of imidazole rings is 1. The predicted octanol–water partition coefficient (Wildman–Crippen LogP) is -1.74. The highest BCUT2D eigenvalue weighted by molar-refractivity contribution is 7.66. The van der Waals surface area contributed by atoms with Crippen molar-refractivity contribution in [2.24, 2.45) is 5.73 Å². The Hall–Kier alpha value is -1.30. The van der Waals surface area contributed by atoms with E-state index in [2.05, 4.69) is 28.8 Å². The number of aliphatic hydroxyl groups excluding tert-OH is 1. The molecule has 0 bridgehead atoms. The van der Waals surface area contributed by atoms with Gasteiger partial charge in [-0.1, -0.05) is 0 Å². The molecule has 0 aromatic carbocycles. The molecule has 2 aliphatic rings. The first-order valence-corrected chi connectivity index (χ1v) is 13.2. The first-order chi connectivity index (χ1) is 15.1. The number of aromatic nitrogens is 2. The molecule has 2 unspecified atom stereocenters. The van der Waals surface area contributed by atoms with Crippen molar-refractivity contribution in [3.05, 3.63) is 12.0 Å². The van der Waals surface area contributed by atoms with Gasteiger partial charge in [0, 0.05) is 6.54 Å². The van der Waals surface area contributed by atoms with Crippen LogP contribution in [0, 0.1) is 0 Å². The van der Waals surface area contributed by atoms with Crippen LogP contribution in [-0.4, -0.2) is 77.8 Å². The number of hydrogen-bond acceptors (Lipinski definition) is 12. The van der Waals surface area contributed by atoms with Crippen molar-refractivity contribution in [2.75, 3.05) is 25.1 Å². The molecular weight excluding hydrogens is 522 g/mol. The summed E-state index contributed by atoms with van der Waals surface area (Å²) in [6.45, 7) is -1.90. The summed E-state index contributed by atoms with van der Waals surface area (Å²) in [7, 11) is -17.0. The minimum absolute atomic E-state index is 0.0160. The van der Waals surface area contributed by atoms with Gasteiger partial charge in [-0.2, -0.15) is 8.62 Å². The van der Waals surface area contributed by atoms with Crippen LogP contribution in [0.3, 0.4) is 0 Å². The molecule has 0 radical (unpaired) electrons. The van der Waals surface area contributed by atoms with E-state index in [0.29, 0.717) is 0 Å². The van der Waals surface area contributed by atoms with E-state index in [0.717, 1.165) is 10.9 Å². The standard InChI is InChI=1S/C11H19FN5O13P3/c12-5-7(18)11(1-13,2-27-32(23,24)30-33(25,26)29-31(20,21)22)28-10(5)17-4-16-6-8(17)14-3-15-9(6)19/h4-5,7,10,14,18H,1-3,13H2,(H,15,19)(H,23,24)(H,25,26)(H2,20,21,22)/t5-,7+,10-,11-/m1/s1. The van der Waals surface area contributed by atoms with Crippen molar-refractivity contribution in [2.45, 2.75) is 24.1 Å². The molecular formula is C11H19FN5O13P3. The van der Waals surface area contributed by atoms with Crippen LogP contribution in [0.25, 0.3) is 0 Å². The van der Waals surface area contributed by atoms with Crippen LogP contribution in [0.4, 0.5) is 10.2 Å². The topological polar surface area (TPSA) is 274 Å². The van der Waals surface area contributed by atoms with Gasteiger partial charge in [-0.3, -0.25) is 13.9 Å². The number of ether oxygens (including phenoxy) is 1. The quantitative estimate of drug-likeness (QED) is 0.161. The summed E-state index contributed by atoms with van der Waals surface area (Å²) in [6, 6.07) is 0. The maximum absolute atomic E-state index is 15.0. The van der Waals surface area contributed by atoms with Gasteiger partial charge in [0.05, 0.1) is 19.6 Å². The Morgan fingerprint density at radius 1 is 1.24 bits per heavy atom. The van der Waals surface area contributed by atoms with Crippen molar-refractivity contribution in [1.29, 1.82) is 0 Å². The summed E-state index contributed by atoms with van der Waals surface area (Å²) in [6.07, 6.45) is -4.89. The lowest BCUT2D eigenvalue weighted by atomic mass is 9.97. The molecule has 0 spiro atoms. The van der Waals surface area contributed by atoms with Gasteiger partial charge in [0.15, 0.2) is 18.1 Å². The number of aliphatic hydroxyl groups is 1. The second-order valence-corrected chi connectivity index (χ2v) is 11.2. The van der Waals surface area contributed by atoms with Crippen molar-refractivity contribution in [3.8, 4) is 0 Å². The summed E-state index contributed by atoms with van der Waals surface area (Å²) in [4.78, 5) is 51.5. The maximum atomic E-state index is 15.0. The SMILES string of the molecule is NC[C@]1(COP(=O)(O)OP(=O)(O)OP(=O)(O)O)O[C@@H](n2cnc3c2NCNC3=O)[C@H](F)[C@@H]1O. The van der Waals surface area contributed by atoms with Crippen molar-refractivity contribution in [1.82, 2.24) is 14.9 Å². The summed E-state index contributed by atoms with van der Waals surface area (Å²) in [5.74, 6) is -0.506. The van der Waals surface area contributed by atoms with Crippen LogP contribution in [0.1, 0.15) is 16.7 Å². The highest BCUT2D eigenvalue weighted by atomic mass is 31.3. The fourth-order valence-electron chi connectivity index (χ4n) is 3.06. The zero-order valence-corrected chi connectivity index (χ0v) is 18.8. The average molecular weight is 541 g/mol. The third-order valence-corrected chi connectivity index (χ3v) is 8.27. The van der Waals surface area contributed by atoms with Gasteiger partial charge in [0.2, 0.25) is 0 Å². The number of phosphoric ester groups is 1. The molecule has 1 aromatic heterocycles. The number of nitrogens with one attached hydrogen (secondary N) is 2. The van der Waals surface area contributed by atoms with Crippen LogP contribution in [-0.2, 0) is 31.6 Å². The van der Waals surface area contributed by atoms with E-state index in [9.17, 15) is 37.8 Å². The Kier molecular flexibility index (Phi) is 7.22. The molecule has 1 amide bonds. The minimum Gasteiger partial charge on any atom is -0.387 e. The van der Waals surface area contributed by atoms with Gasteiger partial charge in [-0.15, -0.1) is 0 Å². The summed E-state index contributed by atoms with van der Waals surface area (Å²) >= 11 is 0. The Morgan fingerprint density at radius 2 is 1.91 bits per heavy atom. The van der Waals surface area contributed by atoms with Crippen molar-refractivity contribution >= 4 is 35.2 Å². The first-order valence-electron chi connectivity index (χ1n) is 8.67. The molecule has 1 aromatic rings. The monoisotopic (exact) mass is 541 g/mol. The van der Waals surface area contributed by atoms with Crippen LogP contribution < -0.4 is 16.4 Å². The number of anilines is 1. The number of halogens is 1. The lowest BCUT2D eigenvalue weighted by molar-refractivity contribution is -0.119. The lowest BCUT2D eigenvalue weighted by Gasteiger charge is -2.30. The van der Waals surface area contributed by atoms with E-state index in [1.807, 2.05) is 0 Å². The Labute approximate surface area is 183 Å². The number of rotatable bonds is 9. The first kappa shape index (κ1) is 26.3. The molecule has 2 aliphatic heterocycles. The molecule has 3 rings (SSSR count). The lowest BCUT2D eigenvalue weighted by Crippen LogP contribution is -2.51. The van der Waals surface area contributed by atoms with E-state index in [4.69, 9.17) is 20.3 Å². The van der Waals surface area contributed by atoms with Gasteiger partial charge < -0.3 is 45.8 Å². The Bertz CT molecular complexity index is 1060. The zero-order chi connectivity index (χ0) is 24.8. The molecule has 9 N–H and O–H groups in total. The summed E-state index contributed by atoms with van der Waals surface area (Å²) < 4.78 is 67.1. The largest absolute Gasteiger partial charge is 0.490 e. The molecule has 6 atom stereocenters. The van der Waals surface area contributed by atoms with Crippen LogP contribution in [0.5, 0.6) is 0 Å². The van der Waals surface area contributed by atoms with E-state index in [-0.39, 0.29) is 18.2 Å². The summed E-state index contributed by atoms with van der Waals surface area (Å²) in [5.41, 5.74) is 3.26. The summed E-state index contributed by atoms with van der Waals surface area (Å²) in [5, 5.41) is 15.5. The fraction of sp³-hybridized carbons (Fsp3) is 0.636. The number of amides is 1. The van der Waals surface area contributed by atoms with Crippen LogP contribution in [0.15, 0.2) is 6.33 Å². The van der Waals surface area contributed by atoms with E-state index >= 15 is 0 Å². The Morgan fingerprint density at radius 3 is 2.52 bits per heavy atom. The molecule has 1 fully saturated rings. The number of phosphoric acid groups is 3. The molecule has 0 aliphatic carbocycles. The van der Waals surface area contributed by atoms with Crippen LogP contribution in [0.2, 0.25) is 0 Å². The van der Waals surface area contributed by atoms with Gasteiger partial charge in [-0.05, 0) is 0 Å². The third-order valence-electron chi connectivity index (χ3n) is 4.49. The van der Waals surface area contributed by atoms with Crippen LogP contribution >= 0.6 is 23.5 Å². The number of alkyl halides is 1. The number of hydrogen-bond donors (Lipinski definition) is 8. The second-order valence-electron chi connectivity index (χ2n) is 6.74. The molecule has 22 heteroatoms. The number of nitrogens with zero attached hydrogens (tertiary/aromatic N) is 2. The van der Waals surface area contributed by atoms with Crippen molar-refractivity contribution < 1.29 is 65.4 Å². The fourth-order valence-corrected chi connectivity index (χ4v) is 6.14. The number of carbonyl (C=O) groups is 1. The molecule has 33 heavy (non-hydrogen) atoms. The number of carbonyl (C=O) groups excluding carboxylic acids is 1. The second kappa shape index (κ2) is 9.05. The van der Waals surface area contributed by atoms with E-state index < -0.39 is 66.6 Å². The van der Waals surface area contributed by atoms with Gasteiger partial charge >= 0.3 is 23.5 Å². The molecule has 1 saturated heterocycles. The maximum Gasteiger partial charge on any atom is 0.490 e. The Balaban J connectivity index is 1.77. The van der Waals surface area contributed by atoms with Gasteiger partial charge in [-0.25, -0.2) is 23.1 Å². The molecule has 18 nitrogen and oxygen atoms in total. The van der Waals surface area contributed by atoms with Gasteiger partial charge in [0.1, 0.15) is 17.5 Å². The average Bonchev–Trinajstić information content (AvgIpc) is 3.19. The highest BCUT2D eigenvalue weighted by Crippen LogP contribution is 2.66. The normalized spacial score (nSPS) is 31.2. The predicted molar refractivity (Wildman–Crippen MR) is 101 cm³/mol. The molecule has 3 heterocycles. The molecule has 0 saturated carbocycles. The third kappa shape index (κ3) is 5.68. The zero-order valence-electron chi connectivity index (χ0n) is 16.1. The smallest absolute Gasteiger partial charge is 0.387 e. The van der Waals surface area contributed by atoms with E-state index in [1.54, 1.807) is 0 Å².